The molecule has 1 N–H and O–H groups in total. The van der Waals surface area contributed by atoms with Crippen molar-refractivity contribution in [2.45, 2.75) is 50.0 Å². The van der Waals surface area contributed by atoms with Gasteiger partial charge < -0.3 is 10.1 Å². The van der Waals surface area contributed by atoms with Gasteiger partial charge in [0.15, 0.2) is 0 Å². The smallest absolute Gasteiger partial charge is 0.201 e. The summed E-state index contributed by atoms with van der Waals surface area (Å²) >= 11 is 5.97. The first-order valence-corrected chi connectivity index (χ1v) is 10.4. The third-order valence-corrected chi connectivity index (χ3v) is 5.88. The molecule has 2 fully saturated rings. The topological polar surface area (TPSA) is 39.7 Å². The van der Waals surface area contributed by atoms with Gasteiger partial charge in [0.05, 0.1) is 6.61 Å². The predicted molar refractivity (Wildman–Crippen MR) is 112 cm³/mol. The summed E-state index contributed by atoms with van der Waals surface area (Å²) < 4.78 is 19.2. The third-order valence-electron chi connectivity index (χ3n) is 5.63. The van der Waals surface area contributed by atoms with Crippen LogP contribution in [0.4, 0.5) is 10.1 Å². The Hall–Kier alpha value is -1.92. The van der Waals surface area contributed by atoms with Gasteiger partial charge in [-0.25, -0.2) is 14.2 Å². The van der Waals surface area contributed by atoms with Gasteiger partial charge in [-0.3, -0.25) is 0 Å². The molecule has 0 bridgehead atoms. The zero-order chi connectivity index (χ0) is 20.3. The molecule has 1 heterocycles. The van der Waals surface area contributed by atoms with Crippen molar-refractivity contribution in [3.8, 4) is 0 Å². The first-order valence-electron chi connectivity index (χ1n) is 9.98. The van der Waals surface area contributed by atoms with Crippen LogP contribution in [0.3, 0.4) is 0 Å². The second-order valence-electron chi connectivity index (χ2n) is 7.67. The van der Waals surface area contributed by atoms with E-state index in [0.29, 0.717) is 24.1 Å². The molecule has 1 atom stereocenters. The summed E-state index contributed by atoms with van der Waals surface area (Å²) in [4.78, 5) is 11.6. The fourth-order valence-electron chi connectivity index (χ4n) is 3.86. The lowest BCUT2D eigenvalue weighted by Gasteiger charge is -2.37. The van der Waals surface area contributed by atoms with E-state index in [1.807, 2.05) is 24.3 Å². The van der Waals surface area contributed by atoms with E-state index in [0.717, 1.165) is 42.5 Å². The molecular formula is C23H25ClFNO3. The molecule has 4 nitrogen and oxygen atoms in total. The number of benzene rings is 2. The largest absolute Gasteiger partial charge is 0.382 e. The third kappa shape index (κ3) is 4.98. The lowest BCUT2D eigenvalue weighted by Crippen LogP contribution is -2.42. The first-order chi connectivity index (χ1) is 14.0. The van der Waals surface area contributed by atoms with Crippen LogP contribution in [0.1, 0.15) is 37.7 Å². The Morgan fingerprint density at radius 1 is 1.03 bits per heavy atom. The molecule has 1 aliphatic carbocycles. The minimum absolute atomic E-state index is 0.231. The molecule has 154 valence electrons. The number of hydrogen-bond donors (Lipinski definition) is 1. The summed E-state index contributed by atoms with van der Waals surface area (Å²) in [6, 6.07) is 14.3. The number of nitrogens with one attached hydrogen (secondary N) is 1. The maximum atomic E-state index is 13.1. The van der Waals surface area contributed by atoms with E-state index in [-0.39, 0.29) is 11.9 Å². The molecule has 1 aliphatic heterocycles. The van der Waals surface area contributed by atoms with Crippen LogP contribution in [0, 0.1) is 5.82 Å². The Morgan fingerprint density at radius 2 is 1.72 bits per heavy atom. The first kappa shape index (κ1) is 20.4. The second-order valence-corrected chi connectivity index (χ2v) is 8.11. The molecule has 1 unspecified atom stereocenters. The monoisotopic (exact) mass is 417 g/mol. The normalized spacial score (nSPS) is 27.4. The molecule has 4 rings (SSSR count). The number of anilines is 1. The minimum Gasteiger partial charge on any atom is -0.382 e. The van der Waals surface area contributed by atoms with Crippen LogP contribution in [-0.4, -0.2) is 24.5 Å². The zero-order valence-corrected chi connectivity index (χ0v) is 17.0. The number of halogens is 2. The van der Waals surface area contributed by atoms with Crippen LogP contribution in [0.5, 0.6) is 0 Å². The molecular weight excluding hydrogens is 393 g/mol. The summed E-state index contributed by atoms with van der Waals surface area (Å²) in [6.45, 7) is 4.73. The van der Waals surface area contributed by atoms with Gasteiger partial charge in [-0.05, 0) is 60.4 Å². The standard InChI is InChI=1S/C23H25ClFNO3/c1-16(17-2-4-18(24)5-3-17)22-12-15-27-23(29-28-22)13-10-21(11-14-23)26-20-8-6-19(25)7-9-20/h2-9,21-22,26H,1,10-15H2. The molecule has 2 aromatic carbocycles. The Morgan fingerprint density at radius 3 is 2.41 bits per heavy atom. The lowest BCUT2D eigenvalue weighted by molar-refractivity contribution is -0.429. The molecule has 1 saturated heterocycles. The quantitative estimate of drug-likeness (QED) is 0.621. The van der Waals surface area contributed by atoms with Crippen LogP contribution in [-0.2, 0) is 14.5 Å². The SMILES string of the molecule is C=C(c1ccc(Cl)cc1)C1CCOC2(CCC(Nc3ccc(F)cc3)CC2)OO1. The second kappa shape index (κ2) is 8.84. The Kier molecular flexibility index (Phi) is 6.20. The van der Waals surface area contributed by atoms with Crippen LogP contribution < -0.4 is 5.32 Å². The van der Waals surface area contributed by atoms with Gasteiger partial charge in [-0.15, -0.1) is 0 Å². The highest BCUT2D eigenvalue weighted by atomic mass is 35.5. The summed E-state index contributed by atoms with van der Waals surface area (Å²) in [5.74, 6) is -0.944. The van der Waals surface area contributed by atoms with Crippen molar-refractivity contribution in [3.63, 3.8) is 0 Å². The van der Waals surface area contributed by atoms with E-state index in [4.69, 9.17) is 26.1 Å². The van der Waals surface area contributed by atoms with Crippen LogP contribution >= 0.6 is 11.6 Å². The van der Waals surface area contributed by atoms with E-state index < -0.39 is 5.79 Å². The molecule has 29 heavy (non-hydrogen) atoms. The summed E-state index contributed by atoms with van der Waals surface area (Å²) in [7, 11) is 0. The average Bonchev–Trinajstić information content (AvgIpc) is 2.94. The summed E-state index contributed by atoms with van der Waals surface area (Å²) in [6.07, 6.45) is 3.64. The highest BCUT2D eigenvalue weighted by Crippen LogP contribution is 2.38. The van der Waals surface area contributed by atoms with Crippen LogP contribution in [0.25, 0.3) is 5.57 Å². The van der Waals surface area contributed by atoms with Gasteiger partial charge in [0.2, 0.25) is 5.79 Å². The summed E-state index contributed by atoms with van der Waals surface area (Å²) in [5, 5.41) is 4.14. The molecule has 0 aromatic heterocycles. The number of ether oxygens (including phenoxy) is 1. The van der Waals surface area contributed by atoms with Gasteiger partial charge in [-0.2, -0.15) is 0 Å². The molecule has 0 amide bonds. The summed E-state index contributed by atoms with van der Waals surface area (Å²) in [5.41, 5.74) is 2.76. The lowest BCUT2D eigenvalue weighted by atomic mass is 9.90. The van der Waals surface area contributed by atoms with E-state index in [1.165, 1.54) is 12.1 Å². The molecule has 1 spiro atoms. The van der Waals surface area contributed by atoms with Gasteiger partial charge in [0.25, 0.3) is 0 Å². The molecule has 2 aromatic rings. The molecule has 6 heteroatoms. The van der Waals surface area contributed by atoms with Gasteiger partial charge in [-0.1, -0.05) is 30.3 Å². The highest BCUT2D eigenvalue weighted by Gasteiger charge is 2.41. The molecule has 0 radical (unpaired) electrons. The van der Waals surface area contributed by atoms with Crippen molar-refractivity contribution in [3.05, 3.63) is 71.5 Å². The van der Waals surface area contributed by atoms with E-state index >= 15 is 0 Å². The van der Waals surface area contributed by atoms with Crippen molar-refractivity contribution in [2.75, 3.05) is 11.9 Å². The fraction of sp³-hybridized carbons (Fsp3) is 0.391. The fourth-order valence-corrected chi connectivity index (χ4v) is 3.99. The van der Waals surface area contributed by atoms with Crippen molar-refractivity contribution >= 4 is 22.9 Å². The molecule has 2 aliphatic rings. The van der Waals surface area contributed by atoms with Gasteiger partial charge in [0, 0.05) is 36.0 Å². The number of hydrogen-bond acceptors (Lipinski definition) is 4. The van der Waals surface area contributed by atoms with Crippen molar-refractivity contribution in [1.82, 2.24) is 0 Å². The maximum Gasteiger partial charge on any atom is 0.201 e. The number of rotatable bonds is 4. The maximum absolute atomic E-state index is 13.1. The van der Waals surface area contributed by atoms with E-state index in [2.05, 4.69) is 11.9 Å². The van der Waals surface area contributed by atoms with Crippen molar-refractivity contribution in [1.29, 1.82) is 0 Å². The van der Waals surface area contributed by atoms with Gasteiger partial charge >= 0.3 is 0 Å². The zero-order valence-electron chi connectivity index (χ0n) is 16.2. The highest BCUT2D eigenvalue weighted by molar-refractivity contribution is 6.30. The molecule has 1 saturated carbocycles. The van der Waals surface area contributed by atoms with Gasteiger partial charge in [0.1, 0.15) is 11.9 Å². The average molecular weight is 418 g/mol. The van der Waals surface area contributed by atoms with Crippen LogP contribution in [0.2, 0.25) is 5.02 Å². The predicted octanol–water partition coefficient (Wildman–Crippen LogP) is 5.98. The van der Waals surface area contributed by atoms with Crippen molar-refractivity contribution < 1.29 is 18.9 Å². The Labute approximate surface area is 175 Å². The van der Waals surface area contributed by atoms with E-state index in [9.17, 15) is 4.39 Å². The van der Waals surface area contributed by atoms with Crippen LogP contribution in [0.15, 0.2) is 55.1 Å². The Balaban J connectivity index is 1.32. The Bertz CT molecular complexity index is 832. The van der Waals surface area contributed by atoms with Crippen molar-refractivity contribution in [2.24, 2.45) is 0 Å². The van der Waals surface area contributed by atoms with E-state index in [1.54, 1.807) is 12.1 Å². The minimum atomic E-state index is -0.712.